The molecule has 0 radical (unpaired) electrons. The van der Waals surface area contributed by atoms with Gasteiger partial charge < -0.3 is 10.2 Å². The molecule has 2 heterocycles. The lowest BCUT2D eigenvalue weighted by Gasteiger charge is -2.40. The van der Waals surface area contributed by atoms with Gasteiger partial charge in [-0.25, -0.2) is 0 Å². The Morgan fingerprint density at radius 3 is 2.51 bits per heavy atom. The molecule has 1 amide bonds. The van der Waals surface area contributed by atoms with Gasteiger partial charge in [-0.2, -0.15) is 0 Å². The number of carbonyl (C=O) groups is 1. The minimum absolute atomic E-state index is 0.149. The Morgan fingerprint density at radius 1 is 0.971 bits per heavy atom. The quantitative estimate of drug-likeness (QED) is 0.390. The highest BCUT2D eigenvalue weighted by Crippen LogP contribution is 2.25. The lowest BCUT2D eigenvalue weighted by Crippen LogP contribution is -2.51. The third-order valence-corrected chi connectivity index (χ3v) is 7.08. The highest BCUT2D eigenvalue weighted by molar-refractivity contribution is 5.95. The van der Waals surface area contributed by atoms with Crippen LogP contribution >= 0.6 is 0 Å². The normalized spacial score (nSPS) is 18.1. The summed E-state index contributed by atoms with van der Waals surface area (Å²) in [6, 6.07) is 27.6. The summed E-state index contributed by atoms with van der Waals surface area (Å²) in [5.74, 6) is 0.149. The van der Waals surface area contributed by atoms with Crippen molar-refractivity contribution in [3.8, 4) is 0 Å². The Hall–Kier alpha value is -3.50. The fourth-order valence-corrected chi connectivity index (χ4v) is 5.41. The minimum atomic E-state index is 0.149. The Balaban J connectivity index is 1.34. The van der Waals surface area contributed by atoms with Crippen molar-refractivity contribution >= 4 is 16.8 Å². The van der Waals surface area contributed by atoms with Gasteiger partial charge in [0, 0.05) is 42.3 Å². The summed E-state index contributed by atoms with van der Waals surface area (Å²) < 4.78 is 0. The molecule has 0 spiro atoms. The maximum atomic E-state index is 13.6. The van der Waals surface area contributed by atoms with Crippen LogP contribution in [0, 0.1) is 13.8 Å². The molecule has 1 aromatic heterocycles. The molecule has 35 heavy (non-hydrogen) atoms. The number of likely N-dealkylation sites (tertiary alicyclic amines) is 1. The Morgan fingerprint density at radius 2 is 1.71 bits per heavy atom. The van der Waals surface area contributed by atoms with E-state index in [2.05, 4.69) is 83.6 Å². The molecule has 4 heteroatoms. The number of pyridine rings is 1. The lowest BCUT2D eigenvalue weighted by atomic mass is 9.91. The molecule has 178 valence electrons. The average Bonchev–Trinajstić information content (AvgIpc) is 2.87. The average molecular weight is 464 g/mol. The number of benzene rings is 3. The van der Waals surface area contributed by atoms with Gasteiger partial charge in [0.05, 0.1) is 5.52 Å². The molecule has 4 nitrogen and oxygen atoms in total. The van der Waals surface area contributed by atoms with Crippen molar-refractivity contribution in [3.63, 3.8) is 0 Å². The number of piperidine rings is 1. The number of rotatable bonds is 6. The van der Waals surface area contributed by atoms with Crippen LogP contribution in [0.15, 0.2) is 85.1 Å². The Labute approximate surface area is 208 Å². The van der Waals surface area contributed by atoms with Gasteiger partial charge in [-0.15, -0.1) is 0 Å². The first-order chi connectivity index (χ1) is 17.1. The molecule has 1 saturated heterocycles. The molecule has 1 aliphatic rings. The number of hydrogen-bond donors (Lipinski definition) is 1. The van der Waals surface area contributed by atoms with Crippen LogP contribution in [0.2, 0.25) is 0 Å². The Bertz CT molecular complexity index is 1290. The van der Waals surface area contributed by atoms with Gasteiger partial charge in [-0.1, -0.05) is 65.7 Å². The second kappa shape index (κ2) is 10.4. The van der Waals surface area contributed by atoms with Gasteiger partial charge in [-0.3, -0.25) is 9.78 Å². The molecule has 4 aromatic rings. The van der Waals surface area contributed by atoms with Crippen LogP contribution in [0.1, 0.15) is 45.5 Å². The molecule has 2 atom stereocenters. The highest BCUT2D eigenvalue weighted by Gasteiger charge is 2.32. The first-order valence-corrected chi connectivity index (χ1v) is 12.6. The molecule has 1 aliphatic heterocycles. The van der Waals surface area contributed by atoms with E-state index in [0.717, 1.165) is 54.6 Å². The van der Waals surface area contributed by atoms with Crippen LogP contribution in [-0.2, 0) is 13.0 Å². The van der Waals surface area contributed by atoms with Crippen LogP contribution in [0.25, 0.3) is 10.9 Å². The zero-order valence-electron chi connectivity index (χ0n) is 20.6. The topological polar surface area (TPSA) is 45.2 Å². The fourth-order valence-electron chi connectivity index (χ4n) is 5.41. The van der Waals surface area contributed by atoms with Crippen LogP contribution in [-0.4, -0.2) is 34.4 Å². The second-order valence-corrected chi connectivity index (χ2v) is 9.81. The second-order valence-electron chi connectivity index (χ2n) is 9.81. The standard InChI is InChI=1S/C31H33N3O/c1-22-16-23(2)18-26(17-22)31(35)34-15-13-27(20-28(34)19-24-8-4-3-5-9-24)33-21-25-12-14-32-30-11-7-6-10-29(25)30/h3-12,14,16-18,27-28,33H,13,15,19-21H2,1-2H3/t27-,28-/m0/s1. The first kappa shape index (κ1) is 23.3. The van der Waals surface area contributed by atoms with Crippen molar-refractivity contribution in [1.29, 1.82) is 0 Å². The van der Waals surface area contributed by atoms with E-state index >= 15 is 0 Å². The molecule has 0 aliphatic carbocycles. The molecule has 3 aromatic carbocycles. The van der Waals surface area contributed by atoms with Crippen molar-refractivity contribution in [2.24, 2.45) is 0 Å². The van der Waals surface area contributed by atoms with Crippen molar-refractivity contribution < 1.29 is 4.79 Å². The zero-order chi connectivity index (χ0) is 24.2. The largest absolute Gasteiger partial charge is 0.335 e. The van der Waals surface area contributed by atoms with Crippen molar-refractivity contribution in [1.82, 2.24) is 15.2 Å². The van der Waals surface area contributed by atoms with Gasteiger partial charge >= 0.3 is 0 Å². The maximum Gasteiger partial charge on any atom is 0.254 e. The Kier molecular flexibility index (Phi) is 6.91. The predicted molar refractivity (Wildman–Crippen MR) is 142 cm³/mol. The number of para-hydroxylation sites is 1. The molecule has 1 N–H and O–H groups in total. The van der Waals surface area contributed by atoms with E-state index in [1.807, 2.05) is 30.5 Å². The van der Waals surface area contributed by atoms with Gasteiger partial charge in [0.15, 0.2) is 0 Å². The zero-order valence-corrected chi connectivity index (χ0v) is 20.6. The number of amides is 1. The molecule has 0 unspecified atom stereocenters. The van der Waals surface area contributed by atoms with E-state index in [9.17, 15) is 4.79 Å². The lowest BCUT2D eigenvalue weighted by molar-refractivity contribution is 0.0576. The number of nitrogens with zero attached hydrogens (tertiary/aromatic N) is 2. The third-order valence-electron chi connectivity index (χ3n) is 7.08. The van der Waals surface area contributed by atoms with Gasteiger partial charge in [-0.05, 0) is 68.5 Å². The monoisotopic (exact) mass is 463 g/mol. The summed E-state index contributed by atoms with van der Waals surface area (Å²) in [7, 11) is 0. The fraction of sp³-hybridized carbons (Fsp3) is 0.290. The number of carbonyl (C=O) groups excluding carboxylic acids is 1. The summed E-state index contributed by atoms with van der Waals surface area (Å²) in [4.78, 5) is 20.2. The number of aryl methyl sites for hydroxylation is 2. The van der Waals surface area contributed by atoms with Crippen LogP contribution in [0.4, 0.5) is 0 Å². The first-order valence-electron chi connectivity index (χ1n) is 12.6. The molecule has 0 saturated carbocycles. The van der Waals surface area contributed by atoms with Crippen LogP contribution in [0.3, 0.4) is 0 Å². The molecule has 5 rings (SSSR count). The van der Waals surface area contributed by atoms with Crippen molar-refractivity contribution in [2.75, 3.05) is 6.54 Å². The molecular formula is C31H33N3O. The summed E-state index contributed by atoms with van der Waals surface area (Å²) in [6.45, 7) is 5.68. The number of fused-ring (bicyclic) bond motifs is 1. The van der Waals surface area contributed by atoms with E-state index < -0.39 is 0 Å². The van der Waals surface area contributed by atoms with Crippen molar-refractivity contribution in [2.45, 2.75) is 51.7 Å². The van der Waals surface area contributed by atoms with E-state index in [1.165, 1.54) is 16.5 Å². The summed E-state index contributed by atoms with van der Waals surface area (Å²) in [5, 5.41) is 5.00. The smallest absolute Gasteiger partial charge is 0.254 e. The highest BCUT2D eigenvalue weighted by atomic mass is 16.2. The van der Waals surface area contributed by atoms with Gasteiger partial charge in [0.25, 0.3) is 5.91 Å². The van der Waals surface area contributed by atoms with E-state index in [0.29, 0.717) is 6.04 Å². The van der Waals surface area contributed by atoms with Gasteiger partial charge in [0.1, 0.15) is 0 Å². The molecular weight excluding hydrogens is 430 g/mol. The minimum Gasteiger partial charge on any atom is -0.335 e. The van der Waals surface area contributed by atoms with Crippen LogP contribution in [0.5, 0.6) is 0 Å². The number of hydrogen-bond acceptors (Lipinski definition) is 3. The summed E-state index contributed by atoms with van der Waals surface area (Å²) in [5.41, 5.74) is 6.64. The number of nitrogens with one attached hydrogen (secondary N) is 1. The van der Waals surface area contributed by atoms with E-state index in [4.69, 9.17) is 0 Å². The van der Waals surface area contributed by atoms with Crippen LogP contribution < -0.4 is 5.32 Å². The SMILES string of the molecule is Cc1cc(C)cc(C(=O)N2CC[C@H](NCc3ccnc4ccccc34)C[C@@H]2Cc2ccccc2)c1. The molecule has 1 fully saturated rings. The summed E-state index contributed by atoms with van der Waals surface area (Å²) in [6.07, 6.45) is 4.65. The maximum absolute atomic E-state index is 13.6. The summed E-state index contributed by atoms with van der Waals surface area (Å²) >= 11 is 0. The number of aromatic nitrogens is 1. The van der Waals surface area contributed by atoms with E-state index in [1.54, 1.807) is 0 Å². The van der Waals surface area contributed by atoms with Crippen molar-refractivity contribution in [3.05, 3.63) is 113 Å². The predicted octanol–water partition coefficient (Wildman–Crippen LogP) is 5.86. The molecule has 0 bridgehead atoms. The van der Waals surface area contributed by atoms with E-state index in [-0.39, 0.29) is 11.9 Å². The van der Waals surface area contributed by atoms with Gasteiger partial charge in [0.2, 0.25) is 0 Å². The third kappa shape index (κ3) is 5.44.